The van der Waals surface area contributed by atoms with Crippen LogP contribution in [0.25, 0.3) is 0 Å². The number of hydrogen-bond acceptors (Lipinski definition) is 5. The van der Waals surface area contributed by atoms with E-state index in [4.69, 9.17) is 16.3 Å². The molecule has 3 aromatic carbocycles. The summed E-state index contributed by atoms with van der Waals surface area (Å²) in [5, 5.41) is 3.03. The second-order valence-electron chi connectivity index (χ2n) is 9.36. The summed E-state index contributed by atoms with van der Waals surface area (Å²) in [5.74, 6) is -1.06. The molecule has 0 saturated heterocycles. The molecule has 0 spiro atoms. The summed E-state index contributed by atoms with van der Waals surface area (Å²) < 4.78 is 47.5. The van der Waals surface area contributed by atoms with Crippen LogP contribution in [0.2, 0.25) is 5.02 Å². The van der Waals surface area contributed by atoms with E-state index in [2.05, 4.69) is 5.32 Å². The third-order valence-electron chi connectivity index (χ3n) is 6.52. The molecule has 0 aliphatic carbocycles. The van der Waals surface area contributed by atoms with Crippen molar-refractivity contribution in [1.82, 2.24) is 10.2 Å². The first-order valence-electron chi connectivity index (χ1n) is 13.3. The van der Waals surface area contributed by atoms with E-state index in [1.807, 2.05) is 6.92 Å². The van der Waals surface area contributed by atoms with Crippen molar-refractivity contribution in [2.45, 2.75) is 50.6 Å². The van der Waals surface area contributed by atoms with Gasteiger partial charge in [-0.2, -0.15) is 0 Å². The zero-order chi connectivity index (χ0) is 30.0. The number of unbranched alkanes of at least 4 members (excludes halogenated alkanes) is 1. The van der Waals surface area contributed by atoms with Gasteiger partial charge in [-0.15, -0.1) is 0 Å². The Morgan fingerprint density at radius 3 is 2.29 bits per heavy atom. The highest BCUT2D eigenvalue weighted by Gasteiger charge is 2.33. The summed E-state index contributed by atoms with van der Waals surface area (Å²) in [6.45, 7) is 3.59. The molecule has 220 valence electrons. The molecule has 0 bridgehead atoms. The Bertz CT molecular complexity index is 1420. The van der Waals surface area contributed by atoms with E-state index in [9.17, 15) is 22.4 Å². The van der Waals surface area contributed by atoms with Gasteiger partial charge in [0, 0.05) is 13.1 Å². The molecule has 1 N–H and O–H groups in total. The van der Waals surface area contributed by atoms with Crippen molar-refractivity contribution in [3.8, 4) is 5.75 Å². The molecule has 11 heteroatoms. The lowest BCUT2D eigenvalue weighted by Gasteiger charge is -2.33. The van der Waals surface area contributed by atoms with Crippen molar-refractivity contribution in [3.05, 3.63) is 89.2 Å². The quantitative estimate of drug-likeness (QED) is 0.249. The fourth-order valence-corrected chi connectivity index (χ4v) is 5.95. The molecule has 0 saturated carbocycles. The van der Waals surface area contributed by atoms with E-state index in [-0.39, 0.29) is 34.5 Å². The zero-order valence-corrected chi connectivity index (χ0v) is 24.9. The topological polar surface area (TPSA) is 96.0 Å². The third kappa shape index (κ3) is 8.20. The normalized spacial score (nSPS) is 11.9. The van der Waals surface area contributed by atoms with Gasteiger partial charge in [0.25, 0.3) is 10.0 Å². The van der Waals surface area contributed by atoms with Gasteiger partial charge in [-0.1, -0.05) is 62.2 Å². The molecule has 0 aromatic heterocycles. The Kier molecular flexibility index (Phi) is 11.5. The van der Waals surface area contributed by atoms with E-state index < -0.39 is 34.3 Å². The third-order valence-corrected chi connectivity index (χ3v) is 8.60. The molecule has 3 aromatic rings. The molecule has 0 radical (unpaired) electrons. The second kappa shape index (κ2) is 14.8. The average Bonchev–Trinajstić information content (AvgIpc) is 2.97. The Hall–Kier alpha value is -3.63. The lowest BCUT2D eigenvalue weighted by Crippen LogP contribution is -2.52. The largest absolute Gasteiger partial charge is 0.495 e. The monoisotopic (exact) mass is 603 g/mol. The van der Waals surface area contributed by atoms with E-state index in [1.54, 1.807) is 25.1 Å². The van der Waals surface area contributed by atoms with E-state index >= 15 is 0 Å². The van der Waals surface area contributed by atoms with Crippen molar-refractivity contribution >= 4 is 39.1 Å². The van der Waals surface area contributed by atoms with Gasteiger partial charge in [-0.25, -0.2) is 12.8 Å². The van der Waals surface area contributed by atoms with Gasteiger partial charge < -0.3 is 15.0 Å². The van der Waals surface area contributed by atoms with Gasteiger partial charge in [0.2, 0.25) is 11.8 Å². The van der Waals surface area contributed by atoms with Crippen LogP contribution in [0.4, 0.5) is 10.1 Å². The number of amides is 2. The number of nitrogens with one attached hydrogen (secondary N) is 1. The minimum absolute atomic E-state index is 0.0193. The number of anilines is 1. The number of ether oxygens (including phenoxy) is 1. The van der Waals surface area contributed by atoms with Crippen LogP contribution in [0.3, 0.4) is 0 Å². The van der Waals surface area contributed by atoms with Gasteiger partial charge in [-0.3, -0.25) is 13.9 Å². The number of methoxy groups -OCH3 is 1. The number of rotatable bonds is 14. The predicted octanol–water partition coefficient (Wildman–Crippen LogP) is 5.41. The lowest BCUT2D eigenvalue weighted by molar-refractivity contribution is -0.140. The van der Waals surface area contributed by atoms with Gasteiger partial charge in [-0.05, 0) is 60.9 Å². The number of carbonyl (C=O) groups excluding carboxylic acids is 2. The van der Waals surface area contributed by atoms with E-state index in [1.165, 1.54) is 66.6 Å². The van der Waals surface area contributed by atoms with Crippen LogP contribution >= 0.6 is 11.6 Å². The number of benzene rings is 3. The summed E-state index contributed by atoms with van der Waals surface area (Å²) in [4.78, 5) is 28.5. The smallest absolute Gasteiger partial charge is 0.264 e. The Labute approximate surface area is 246 Å². The van der Waals surface area contributed by atoms with Crippen LogP contribution in [0.1, 0.15) is 38.7 Å². The van der Waals surface area contributed by atoms with Crippen molar-refractivity contribution in [2.75, 3.05) is 24.5 Å². The van der Waals surface area contributed by atoms with Crippen LogP contribution in [-0.4, -0.2) is 51.4 Å². The van der Waals surface area contributed by atoms with Crippen molar-refractivity contribution in [1.29, 1.82) is 0 Å². The maximum atomic E-state index is 14.0. The molecular weight excluding hydrogens is 569 g/mol. The van der Waals surface area contributed by atoms with E-state index in [0.29, 0.717) is 17.9 Å². The minimum Gasteiger partial charge on any atom is -0.495 e. The Morgan fingerprint density at radius 2 is 1.71 bits per heavy atom. The summed E-state index contributed by atoms with van der Waals surface area (Å²) in [5.41, 5.74) is 0.736. The molecule has 0 heterocycles. The number of nitrogens with zero attached hydrogens (tertiary/aromatic N) is 2. The van der Waals surface area contributed by atoms with Crippen molar-refractivity contribution in [3.63, 3.8) is 0 Å². The summed E-state index contributed by atoms with van der Waals surface area (Å²) in [7, 11) is -2.79. The number of sulfonamides is 1. The lowest BCUT2D eigenvalue weighted by atomic mass is 10.1. The fourth-order valence-electron chi connectivity index (χ4n) is 4.27. The van der Waals surface area contributed by atoms with Crippen molar-refractivity contribution < 1.29 is 27.1 Å². The molecule has 3 rings (SSSR count). The van der Waals surface area contributed by atoms with Gasteiger partial charge in [0.1, 0.15) is 24.2 Å². The van der Waals surface area contributed by atoms with Crippen LogP contribution in [0.5, 0.6) is 5.75 Å². The number of hydrogen-bond donors (Lipinski definition) is 1. The van der Waals surface area contributed by atoms with Crippen LogP contribution in [0, 0.1) is 5.82 Å². The standard InChI is InChI=1S/C30H35ClFN3O5S/c1-4-6-18-33-30(37)27(5-2)34(20-22-12-14-23(32)15-13-22)29(36)21-35(24-16-17-28(40-3)26(31)19-24)41(38,39)25-10-8-7-9-11-25/h7-17,19,27H,4-6,18,20-21H2,1-3H3,(H,33,37). The molecule has 0 aliphatic heterocycles. The minimum atomic E-state index is -4.23. The number of carbonyl (C=O) groups is 2. The maximum Gasteiger partial charge on any atom is 0.264 e. The summed E-state index contributed by atoms with van der Waals surface area (Å²) in [6, 6.07) is 16.9. The van der Waals surface area contributed by atoms with Crippen LogP contribution in [0.15, 0.2) is 77.7 Å². The summed E-state index contributed by atoms with van der Waals surface area (Å²) >= 11 is 6.34. The molecule has 0 aliphatic rings. The molecule has 2 amide bonds. The number of halogens is 2. The first-order valence-corrected chi connectivity index (χ1v) is 15.2. The zero-order valence-electron chi connectivity index (χ0n) is 23.3. The summed E-state index contributed by atoms with van der Waals surface area (Å²) in [6.07, 6.45) is 1.94. The fraction of sp³-hybridized carbons (Fsp3) is 0.333. The van der Waals surface area contributed by atoms with Crippen LogP contribution in [-0.2, 0) is 26.2 Å². The molecule has 1 atom stereocenters. The van der Waals surface area contributed by atoms with E-state index in [0.717, 1.165) is 17.1 Å². The second-order valence-corrected chi connectivity index (χ2v) is 11.6. The maximum absolute atomic E-state index is 14.0. The first kappa shape index (κ1) is 31.9. The molecule has 8 nitrogen and oxygen atoms in total. The van der Waals surface area contributed by atoms with Gasteiger partial charge in [0.05, 0.1) is 22.7 Å². The highest BCUT2D eigenvalue weighted by Crippen LogP contribution is 2.32. The van der Waals surface area contributed by atoms with Gasteiger partial charge in [0.15, 0.2) is 0 Å². The average molecular weight is 604 g/mol. The highest BCUT2D eigenvalue weighted by molar-refractivity contribution is 7.92. The molecule has 41 heavy (non-hydrogen) atoms. The molecule has 0 fully saturated rings. The first-order chi connectivity index (χ1) is 19.6. The molecular formula is C30H35ClFN3O5S. The predicted molar refractivity (Wildman–Crippen MR) is 158 cm³/mol. The van der Waals surface area contributed by atoms with Gasteiger partial charge >= 0.3 is 0 Å². The highest BCUT2D eigenvalue weighted by atomic mass is 35.5. The van der Waals surface area contributed by atoms with Crippen LogP contribution < -0.4 is 14.4 Å². The SMILES string of the molecule is CCCCNC(=O)C(CC)N(Cc1ccc(F)cc1)C(=O)CN(c1ccc(OC)c(Cl)c1)S(=O)(=O)c1ccccc1. The Morgan fingerprint density at radius 1 is 1.02 bits per heavy atom. The molecule has 1 unspecified atom stereocenters. The van der Waals surface area contributed by atoms with Crippen molar-refractivity contribution in [2.24, 2.45) is 0 Å². The Balaban J connectivity index is 2.05.